The van der Waals surface area contributed by atoms with E-state index in [4.69, 9.17) is 9.15 Å². The number of carbonyl (C=O) groups excluding carboxylic acids is 2. The molecule has 2 heterocycles. The molecule has 34 heavy (non-hydrogen) atoms. The Kier molecular flexibility index (Phi) is 5.47. The van der Waals surface area contributed by atoms with E-state index >= 15 is 0 Å². The van der Waals surface area contributed by atoms with E-state index in [0.29, 0.717) is 22.7 Å². The third-order valence-corrected chi connectivity index (χ3v) is 5.65. The van der Waals surface area contributed by atoms with Crippen molar-refractivity contribution in [1.29, 1.82) is 0 Å². The van der Waals surface area contributed by atoms with E-state index in [1.165, 1.54) is 17.2 Å². The van der Waals surface area contributed by atoms with Crippen LogP contribution >= 0.6 is 0 Å². The average molecular weight is 451 g/mol. The van der Waals surface area contributed by atoms with Crippen molar-refractivity contribution < 1.29 is 23.8 Å². The fourth-order valence-corrected chi connectivity index (χ4v) is 4.10. The zero-order valence-corrected chi connectivity index (χ0v) is 18.3. The molecular formula is C28H21NO5. The maximum atomic E-state index is 13.3. The van der Waals surface area contributed by atoms with E-state index in [1.807, 2.05) is 61.5 Å². The summed E-state index contributed by atoms with van der Waals surface area (Å²) in [7, 11) is 0. The van der Waals surface area contributed by atoms with Gasteiger partial charge in [0.25, 0.3) is 5.91 Å². The van der Waals surface area contributed by atoms with E-state index in [0.717, 1.165) is 5.56 Å². The van der Waals surface area contributed by atoms with E-state index in [-0.39, 0.29) is 11.3 Å². The summed E-state index contributed by atoms with van der Waals surface area (Å²) >= 11 is 0. The first-order valence-electron chi connectivity index (χ1n) is 10.8. The second kappa shape index (κ2) is 8.75. The highest BCUT2D eigenvalue weighted by atomic mass is 16.5. The Balaban J connectivity index is 1.54. The van der Waals surface area contributed by atoms with Gasteiger partial charge in [0, 0.05) is 5.69 Å². The van der Waals surface area contributed by atoms with Gasteiger partial charge in [0.15, 0.2) is 11.5 Å². The van der Waals surface area contributed by atoms with Crippen LogP contribution in [0.2, 0.25) is 0 Å². The average Bonchev–Trinajstić information content (AvgIpc) is 3.48. The number of aliphatic hydroxyl groups excluding tert-OH is 1. The smallest absolute Gasteiger partial charge is 0.294 e. The van der Waals surface area contributed by atoms with E-state index < -0.39 is 23.5 Å². The predicted octanol–water partition coefficient (Wildman–Crippen LogP) is 6.16. The third kappa shape index (κ3) is 3.86. The maximum Gasteiger partial charge on any atom is 0.294 e. The number of para-hydroxylation sites is 1. The summed E-state index contributed by atoms with van der Waals surface area (Å²) < 4.78 is 11.1. The molecule has 1 N–H and O–H groups in total. The molecule has 0 spiro atoms. The van der Waals surface area contributed by atoms with E-state index in [2.05, 4.69) is 0 Å². The molecule has 1 atom stereocenters. The standard InChI is InChI=1S/C28H21NO5/c1-18-7-5-8-19(17-18)25-24(26(30)23-11-6-16-33-23)27(31)28(32)29(25)20-12-14-22(15-13-20)34-21-9-3-2-4-10-21/h2-17,25,31H,1H3. The zero-order valence-electron chi connectivity index (χ0n) is 18.3. The zero-order chi connectivity index (χ0) is 23.7. The van der Waals surface area contributed by atoms with Crippen molar-refractivity contribution in [2.75, 3.05) is 4.90 Å². The number of amides is 1. The highest BCUT2D eigenvalue weighted by Gasteiger charge is 2.45. The van der Waals surface area contributed by atoms with Crippen LogP contribution in [0.3, 0.4) is 0 Å². The number of nitrogens with zero attached hydrogens (tertiary/aromatic N) is 1. The molecule has 4 aromatic rings. The number of ketones is 1. The van der Waals surface area contributed by atoms with E-state index in [9.17, 15) is 14.7 Å². The molecule has 0 fully saturated rings. The van der Waals surface area contributed by atoms with Crippen LogP contribution in [0.15, 0.2) is 113 Å². The molecule has 1 aliphatic rings. The van der Waals surface area contributed by atoms with Crippen LogP contribution in [0.25, 0.3) is 0 Å². The van der Waals surface area contributed by atoms with Crippen LogP contribution in [0.5, 0.6) is 11.5 Å². The number of hydrogen-bond donors (Lipinski definition) is 1. The lowest BCUT2D eigenvalue weighted by Crippen LogP contribution is -2.31. The summed E-state index contributed by atoms with van der Waals surface area (Å²) in [6.45, 7) is 1.93. The first-order valence-corrected chi connectivity index (χ1v) is 10.8. The molecule has 0 radical (unpaired) electrons. The Morgan fingerprint density at radius 3 is 2.32 bits per heavy atom. The van der Waals surface area contributed by atoms with Crippen LogP contribution in [0.4, 0.5) is 5.69 Å². The second-order valence-electron chi connectivity index (χ2n) is 7.97. The maximum absolute atomic E-state index is 13.3. The normalized spacial score (nSPS) is 15.6. The second-order valence-corrected chi connectivity index (χ2v) is 7.97. The predicted molar refractivity (Wildman–Crippen MR) is 127 cm³/mol. The molecule has 5 rings (SSSR count). The number of benzene rings is 3. The van der Waals surface area contributed by atoms with Crippen molar-refractivity contribution in [3.05, 3.63) is 125 Å². The third-order valence-electron chi connectivity index (χ3n) is 5.65. The number of carbonyl (C=O) groups is 2. The topological polar surface area (TPSA) is 80.0 Å². The van der Waals surface area contributed by atoms with Gasteiger partial charge < -0.3 is 14.3 Å². The van der Waals surface area contributed by atoms with E-state index in [1.54, 1.807) is 30.3 Å². The number of hydrogen-bond acceptors (Lipinski definition) is 5. The van der Waals surface area contributed by atoms with Crippen LogP contribution in [-0.2, 0) is 4.79 Å². The fraction of sp³-hybridized carbons (Fsp3) is 0.0714. The van der Waals surface area contributed by atoms with Gasteiger partial charge in [-0.1, -0.05) is 48.0 Å². The monoisotopic (exact) mass is 451 g/mol. The van der Waals surface area contributed by atoms with Crippen LogP contribution in [-0.4, -0.2) is 16.8 Å². The van der Waals surface area contributed by atoms with Crippen molar-refractivity contribution in [3.63, 3.8) is 0 Å². The summed E-state index contributed by atoms with van der Waals surface area (Å²) in [4.78, 5) is 27.9. The summed E-state index contributed by atoms with van der Waals surface area (Å²) in [5.41, 5.74) is 2.17. The van der Waals surface area contributed by atoms with Gasteiger partial charge in [-0.2, -0.15) is 0 Å². The quantitative estimate of drug-likeness (QED) is 0.355. The number of anilines is 1. The Bertz CT molecular complexity index is 1370. The Morgan fingerprint density at radius 2 is 1.65 bits per heavy atom. The Labute approximate surface area is 196 Å². The van der Waals surface area contributed by atoms with Gasteiger partial charge >= 0.3 is 0 Å². The van der Waals surface area contributed by atoms with Gasteiger partial charge in [0.1, 0.15) is 11.5 Å². The minimum Gasteiger partial charge on any atom is -0.503 e. The van der Waals surface area contributed by atoms with Gasteiger partial charge in [-0.25, -0.2) is 0 Å². The van der Waals surface area contributed by atoms with Crippen LogP contribution < -0.4 is 9.64 Å². The number of ether oxygens (including phenoxy) is 1. The summed E-state index contributed by atoms with van der Waals surface area (Å²) in [5, 5.41) is 10.8. The molecule has 1 unspecified atom stereocenters. The molecule has 1 aliphatic heterocycles. The van der Waals surface area contributed by atoms with Gasteiger partial charge in [0.2, 0.25) is 5.78 Å². The van der Waals surface area contributed by atoms with Crippen LogP contribution in [0.1, 0.15) is 27.7 Å². The van der Waals surface area contributed by atoms with Crippen molar-refractivity contribution in [3.8, 4) is 11.5 Å². The van der Waals surface area contributed by atoms with Crippen molar-refractivity contribution >= 4 is 17.4 Å². The molecule has 1 amide bonds. The van der Waals surface area contributed by atoms with Crippen LogP contribution in [0, 0.1) is 6.92 Å². The van der Waals surface area contributed by atoms with Crippen molar-refractivity contribution in [2.24, 2.45) is 0 Å². The molecular weight excluding hydrogens is 430 g/mol. The highest BCUT2D eigenvalue weighted by molar-refractivity contribution is 6.20. The molecule has 6 heteroatoms. The first kappa shape index (κ1) is 21.3. The largest absolute Gasteiger partial charge is 0.503 e. The summed E-state index contributed by atoms with van der Waals surface area (Å²) in [6.07, 6.45) is 1.38. The highest BCUT2D eigenvalue weighted by Crippen LogP contribution is 2.42. The number of Topliss-reactive ketones (excluding diaryl/α,β-unsaturated/α-hetero) is 1. The molecule has 0 saturated carbocycles. The minimum absolute atomic E-state index is 0.0184. The Morgan fingerprint density at radius 1 is 0.912 bits per heavy atom. The molecule has 0 aliphatic carbocycles. The molecule has 0 bridgehead atoms. The summed E-state index contributed by atoms with van der Waals surface area (Å²) in [5.74, 6) is -0.432. The number of aryl methyl sites for hydroxylation is 1. The molecule has 0 saturated heterocycles. The van der Waals surface area contributed by atoms with Gasteiger partial charge in [-0.3, -0.25) is 14.5 Å². The molecule has 168 valence electrons. The number of aliphatic hydroxyl groups is 1. The minimum atomic E-state index is -0.814. The molecule has 3 aromatic carbocycles. The van der Waals surface area contributed by atoms with Crippen molar-refractivity contribution in [2.45, 2.75) is 13.0 Å². The van der Waals surface area contributed by atoms with Gasteiger partial charge in [-0.05, 0) is 61.0 Å². The SMILES string of the molecule is Cc1cccc(C2C(C(=O)c3ccco3)=C(O)C(=O)N2c2ccc(Oc3ccccc3)cc2)c1. The van der Waals surface area contributed by atoms with Gasteiger partial charge in [0.05, 0.1) is 17.9 Å². The molecule has 6 nitrogen and oxygen atoms in total. The lowest BCUT2D eigenvalue weighted by atomic mass is 9.94. The fourth-order valence-electron chi connectivity index (χ4n) is 4.10. The lowest BCUT2D eigenvalue weighted by Gasteiger charge is -2.27. The number of rotatable bonds is 6. The molecule has 1 aromatic heterocycles. The van der Waals surface area contributed by atoms with Gasteiger partial charge in [-0.15, -0.1) is 0 Å². The van der Waals surface area contributed by atoms with Crippen molar-refractivity contribution in [1.82, 2.24) is 0 Å². The Hall–Kier alpha value is -4.58. The summed E-state index contributed by atoms with van der Waals surface area (Å²) in [6, 6.07) is 26.1. The number of furan rings is 1. The lowest BCUT2D eigenvalue weighted by molar-refractivity contribution is -0.117. The first-order chi connectivity index (χ1) is 16.5.